The lowest BCUT2D eigenvalue weighted by atomic mass is 9.92. The number of rotatable bonds is 3. The van der Waals surface area contributed by atoms with E-state index in [0.29, 0.717) is 6.10 Å². The number of likely N-dealkylation sites (tertiary alicyclic amines) is 1. The van der Waals surface area contributed by atoms with Crippen LogP contribution in [0, 0.1) is 11.8 Å². The number of nitrogens with zero attached hydrogens (tertiary/aromatic N) is 1. The summed E-state index contributed by atoms with van der Waals surface area (Å²) in [5, 5.41) is 3.49. The maximum Gasteiger partial charge on any atom is 0.0702 e. The molecule has 0 spiro atoms. The third-order valence-electron chi connectivity index (χ3n) is 5.03. The van der Waals surface area contributed by atoms with Crippen molar-refractivity contribution in [3.05, 3.63) is 13.2 Å². The molecule has 0 aliphatic carbocycles. The third kappa shape index (κ3) is 4.98. The zero-order valence-corrected chi connectivity index (χ0v) is 14.4. The molecule has 0 radical (unpaired) electrons. The van der Waals surface area contributed by atoms with Crippen molar-refractivity contribution in [1.29, 1.82) is 0 Å². The van der Waals surface area contributed by atoms with Crippen LogP contribution in [0.1, 0.15) is 25.7 Å². The number of thioether (sulfide) groups is 1. The van der Waals surface area contributed by atoms with Gasteiger partial charge in [0.2, 0.25) is 0 Å². The quantitative estimate of drug-likeness (QED) is 0.810. The molecule has 1 N–H and O–H groups in total. The Morgan fingerprint density at radius 1 is 1.19 bits per heavy atom. The van der Waals surface area contributed by atoms with Crippen LogP contribution < -0.4 is 5.32 Å². The van der Waals surface area contributed by atoms with Crippen molar-refractivity contribution in [3.8, 4) is 0 Å². The highest BCUT2D eigenvalue weighted by molar-refractivity contribution is 7.99. The summed E-state index contributed by atoms with van der Waals surface area (Å²) >= 11 is 2.15. The standard InChI is InChI=1S/C15H28N2OS.C2H4/c1-16-14-6-12-7-17(8-13(12)10-19-11-14)9-15-4-2-3-5-18-15;1-2/h12-16H,2-11H2,1H3;1-2H2/t12-,13+,14+,15?;/m0./s1. The lowest BCUT2D eigenvalue weighted by Gasteiger charge is -2.27. The van der Waals surface area contributed by atoms with Crippen LogP contribution in [0.3, 0.4) is 0 Å². The lowest BCUT2D eigenvalue weighted by Crippen LogP contribution is -2.35. The Labute approximate surface area is 134 Å². The minimum Gasteiger partial charge on any atom is -0.377 e. The highest BCUT2D eigenvalue weighted by atomic mass is 32.2. The summed E-state index contributed by atoms with van der Waals surface area (Å²) in [5.74, 6) is 4.50. The van der Waals surface area contributed by atoms with E-state index in [1.165, 1.54) is 56.8 Å². The van der Waals surface area contributed by atoms with Crippen LogP contribution in [0.15, 0.2) is 13.2 Å². The van der Waals surface area contributed by atoms with Crippen molar-refractivity contribution in [3.63, 3.8) is 0 Å². The van der Waals surface area contributed by atoms with Crippen LogP contribution in [0.25, 0.3) is 0 Å². The molecule has 3 aliphatic rings. The van der Waals surface area contributed by atoms with Gasteiger partial charge in [-0.25, -0.2) is 0 Å². The predicted molar refractivity (Wildman–Crippen MR) is 93.1 cm³/mol. The molecule has 3 nitrogen and oxygen atoms in total. The van der Waals surface area contributed by atoms with Crippen molar-refractivity contribution < 1.29 is 4.74 Å². The zero-order chi connectivity index (χ0) is 15.1. The molecule has 0 aromatic heterocycles. The summed E-state index contributed by atoms with van der Waals surface area (Å²) in [4.78, 5) is 2.68. The van der Waals surface area contributed by atoms with Gasteiger partial charge in [0.25, 0.3) is 0 Å². The fraction of sp³-hybridized carbons (Fsp3) is 0.882. The van der Waals surface area contributed by atoms with Gasteiger partial charge in [0.1, 0.15) is 0 Å². The number of ether oxygens (including phenoxy) is 1. The molecule has 122 valence electrons. The van der Waals surface area contributed by atoms with Crippen LogP contribution in [-0.4, -0.2) is 61.8 Å². The number of nitrogens with one attached hydrogen (secondary N) is 1. The maximum atomic E-state index is 5.90. The Morgan fingerprint density at radius 2 is 2.00 bits per heavy atom. The van der Waals surface area contributed by atoms with Gasteiger partial charge in [-0.3, -0.25) is 0 Å². The van der Waals surface area contributed by atoms with Crippen LogP contribution in [-0.2, 0) is 4.74 Å². The van der Waals surface area contributed by atoms with E-state index in [4.69, 9.17) is 4.74 Å². The minimum absolute atomic E-state index is 0.517. The van der Waals surface area contributed by atoms with Gasteiger partial charge in [0.15, 0.2) is 0 Å². The number of fused-ring (bicyclic) bond motifs is 1. The van der Waals surface area contributed by atoms with Crippen molar-refractivity contribution in [1.82, 2.24) is 10.2 Å². The molecular formula is C17H32N2OS. The van der Waals surface area contributed by atoms with Crippen molar-refractivity contribution >= 4 is 11.8 Å². The zero-order valence-electron chi connectivity index (χ0n) is 13.6. The summed E-state index contributed by atoms with van der Waals surface area (Å²) in [6, 6.07) is 0.728. The summed E-state index contributed by atoms with van der Waals surface area (Å²) in [5.41, 5.74) is 0. The van der Waals surface area contributed by atoms with E-state index in [0.717, 1.165) is 24.5 Å². The molecule has 4 atom stereocenters. The Kier molecular flexibility index (Phi) is 7.58. The minimum atomic E-state index is 0.517. The molecule has 0 amide bonds. The number of hydrogen-bond acceptors (Lipinski definition) is 4. The summed E-state index contributed by atoms with van der Waals surface area (Å²) in [7, 11) is 2.12. The highest BCUT2D eigenvalue weighted by Gasteiger charge is 2.36. The first kappa shape index (κ1) is 17.3. The van der Waals surface area contributed by atoms with E-state index in [9.17, 15) is 0 Å². The molecule has 3 heterocycles. The van der Waals surface area contributed by atoms with Gasteiger partial charge in [0, 0.05) is 38.0 Å². The molecule has 0 aromatic rings. The van der Waals surface area contributed by atoms with Gasteiger partial charge < -0.3 is 15.0 Å². The summed E-state index contributed by atoms with van der Waals surface area (Å²) in [6.45, 7) is 10.8. The van der Waals surface area contributed by atoms with E-state index >= 15 is 0 Å². The van der Waals surface area contributed by atoms with E-state index in [1.807, 2.05) is 0 Å². The van der Waals surface area contributed by atoms with Gasteiger partial charge in [-0.15, -0.1) is 13.2 Å². The fourth-order valence-electron chi connectivity index (χ4n) is 3.88. The van der Waals surface area contributed by atoms with Gasteiger partial charge >= 0.3 is 0 Å². The van der Waals surface area contributed by atoms with E-state index in [-0.39, 0.29) is 0 Å². The van der Waals surface area contributed by atoms with Gasteiger partial charge in [-0.1, -0.05) is 0 Å². The molecule has 3 aliphatic heterocycles. The fourth-order valence-corrected chi connectivity index (χ4v) is 5.28. The van der Waals surface area contributed by atoms with E-state index in [1.54, 1.807) is 0 Å². The molecule has 3 fully saturated rings. The molecule has 4 heteroatoms. The topological polar surface area (TPSA) is 24.5 Å². The number of hydrogen-bond donors (Lipinski definition) is 1. The van der Waals surface area contributed by atoms with Gasteiger partial charge in [-0.05, 0) is 50.3 Å². The molecule has 0 aromatic carbocycles. The first-order valence-electron chi connectivity index (χ1n) is 8.44. The predicted octanol–water partition coefficient (Wildman–Crippen LogP) is 2.63. The van der Waals surface area contributed by atoms with Crippen LogP contribution in [0.4, 0.5) is 0 Å². The Balaban J connectivity index is 0.000000774. The SMILES string of the molecule is C=C.CN[C@H]1CSC[C@H]2CN(CC3CCCCO3)C[C@@H]2C1. The molecular weight excluding hydrogens is 280 g/mol. The molecule has 3 rings (SSSR count). The second kappa shape index (κ2) is 9.19. The van der Waals surface area contributed by atoms with Crippen molar-refractivity contribution in [2.45, 2.75) is 37.8 Å². The Hall–Kier alpha value is -0.0300. The average molecular weight is 313 g/mol. The van der Waals surface area contributed by atoms with Gasteiger partial charge in [0.05, 0.1) is 6.10 Å². The van der Waals surface area contributed by atoms with Crippen LogP contribution >= 0.6 is 11.8 Å². The summed E-state index contributed by atoms with van der Waals surface area (Å²) < 4.78 is 5.90. The molecule has 1 unspecified atom stereocenters. The van der Waals surface area contributed by atoms with Crippen molar-refractivity contribution in [2.75, 3.05) is 44.8 Å². The molecule has 21 heavy (non-hydrogen) atoms. The Morgan fingerprint density at radius 3 is 2.71 bits per heavy atom. The average Bonchev–Trinajstić information content (AvgIpc) is 2.80. The van der Waals surface area contributed by atoms with Crippen LogP contribution in [0.5, 0.6) is 0 Å². The lowest BCUT2D eigenvalue weighted by molar-refractivity contribution is -0.00271. The normalized spacial score (nSPS) is 37.2. The van der Waals surface area contributed by atoms with Crippen LogP contribution in [0.2, 0.25) is 0 Å². The third-order valence-corrected chi connectivity index (χ3v) is 6.34. The van der Waals surface area contributed by atoms with Gasteiger partial charge in [-0.2, -0.15) is 11.8 Å². The smallest absolute Gasteiger partial charge is 0.0702 e. The molecule has 0 bridgehead atoms. The first-order valence-corrected chi connectivity index (χ1v) is 9.59. The molecule has 0 saturated carbocycles. The van der Waals surface area contributed by atoms with E-state index in [2.05, 4.69) is 42.2 Å². The second-order valence-electron chi connectivity index (χ2n) is 6.49. The first-order chi connectivity index (χ1) is 10.3. The second-order valence-corrected chi connectivity index (χ2v) is 7.56. The maximum absolute atomic E-state index is 5.90. The van der Waals surface area contributed by atoms with Crippen molar-refractivity contribution in [2.24, 2.45) is 11.8 Å². The molecule has 3 saturated heterocycles. The Bertz CT molecular complexity index is 297. The monoisotopic (exact) mass is 312 g/mol. The summed E-state index contributed by atoms with van der Waals surface area (Å²) in [6.07, 6.45) is 5.80. The largest absolute Gasteiger partial charge is 0.377 e. The highest BCUT2D eigenvalue weighted by Crippen LogP contribution is 2.34. The van der Waals surface area contributed by atoms with E-state index < -0.39 is 0 Å².